The minimum atomic E-state index is -0.214. The minimum absolute atomic E-state index is 0.181. The predicted molar refractivity (Wildman–Crippen MR) is 94.9 cm³/mol. The van der Waals surface area contributed by atoms with Gasteiger partial charge in [-0.3, -0.25) is 14.6 Å². The summed E-state index contributed by atoms with van der Waals surface area (Å²) >= 11 is 0. The number of anilines is 1. The summed E-state index contributed by atoms with van der Waals surface area (Å²) in [6.07, 6.45) is 3.07. The zero-order valence-corrected chi connectivity index (χ0v) is 14.2. The quantitative estimate of drug-likeness (QED) is 0.818. The minimum Gasteiger partial charge on any atom is -0.385 e. The lowest BCUT2D eigenvalue weighted by atomic mass is 10.1. The molecule has 25 heavy (non-hydrogen) atoms. The highest BCUT2D eigenvalue weighted by Gasteiger charge is 2.26. The topological polar surface area (TPSA) is 71.5 Å². The summed E-state index contributed by atoms with van der Waals surface area (Å²) in [4.78, 5) is 30.9. The Hall–Kier alpha value is -2.73. The maximum atomic E-state index is 12.8. The Labute approximate surface area is 146 Å². The molecule has 0 unspecified atom stereocenters. The fourth-order valence-corrected chi connectivity index (χ4v) is 2.90. The number of pyridine rings is 1. The highest BCUT2D eigenvalue weighted by atomic mass is 16.5. The van der Waals surface area contributed by atoms with Crippen LogP contribution in [0.2, 0.25) is 0 Å². The molecule has 0 bridgehead atoms. The number of para-hydroxylation sites is 1. The van der Waals surface area contributed by atoms with Crippen LogP contribution < -0.4 is 10.2 Å². The number of ether oxygens (including phenoxy) is 1. The number of hydrogen-bond acceptors (Lipinski definition) is 4. The Morgan fingerprint density at radius 3 is 2.96 bits per heavy atom. The molecule has 2 amide bonds. The highest BCUT2D eigenvalue weighted by molar-refractivity contribution is 6.07. The van der Waals surface area contributed by atoms with E-state index in [9.17, 15) is 9.59 Å². The molecule has 6 heteroatoms. The smallest absolute Gasteiger partial charge is 0.276 e. The first kappa shape index (κ1) is 17.1. The maximum absolute atomic E-state index is 12.8. The van der Waals surface area contributed by atoms with E-state index in [2.05, 4.69) is 10.3 Å². The first-order valence-electron chi connectivity index (χ1n) is 8.33. The van der Waals surface area contributed by atoms with E-state index in [0.717, 1.165) is 24.1 Å². The van der Waals surface area contributed by atoms with E-state index >= 15 is 0 Å². The van der Waals surface area contributed by atoms with E-state index in [1.807, 2.05) is 24.3 Å². The second kappa shape index (κ2) is 7.90. The number of nitrogens with zero attached hydrogens (tertiary/aromatic N) is 2. The summed E-state index contributed by atoms with van der Waals surface area (Å²) in [5.41, 5.74) is 2.79. The van der Waals surface area contributed by atoms with Crippen LogP contribution in [0.25, 0.3) is 0 Å². The summed E-state index contributed by atoms with van der Waals surface area (Å²) in [5.74, 6) is -0.395. The Bertz CT molecular complexity index is 776. The van der Waals surface area contributed by atoms with Gasteiger partial charge < -0.3 is 15.0 Å². The molecule has 1 aliphatic rings. The second-order valence-corrected chi connectivity index (χ2v) is 5.87. The number of benzene rings is 1. The van der Waals surface area contributed by atoms with E-state index in [0.29, 0.717) is 25.3 Å². The van der Waals surface area contributed by atoms with Crippen LogP contribution >= 0.6 is 0 Å². The molecule has 6 nitrogen and oxygen atoms in total. The summed E-state index contributed by atoms with van der Waals surface area (Å²) in [7, 11) is 1.62. The molecular formula is C19H21N3O3. The SMILES string of the molecule is COCCCNC(=O)c1ccnc(C(=O)N2CCc3ccccc32)c1. The number of methoxy groups -OCH3 is 1. The summed E-state index contributed by atoms with van der Waals surface area (Å²) in [6, 6.07) is 11.0. The van der Waals surface area contributed by atoms with Crippen molar-refractivity contribution in [3.8, 4) is 0 Å². The molecule has 1 aromatic carbocycles. The average molecular weight is 339 g/mol. The number of aromatic nitrogens is 1. The Morgan fingerprint density at radius 1 is 1.28 bits per heavy atom. The van der Waals surface area contributed by atoms with Crippen molar-refractivity contribution in [2.45, 2.75) is 12.8 Å². The van der Waals surface area contributed by atoms with Crippen LogP contribution in [-0.4, -0.2) is 43.6 Å². The zero-order valence-electron chi connectivity index (χ0n) is 14.2. The molecule has 2 aromatic rings. The number of nitrogens with one attached hydrogen (secondary N) is 1. The zero-order chi connectivity index (χ0) is 17.6. The van der Waals surface area contributed by atoms with Gasteiger partial charge in [0.2, 0.25) is 0 Å². The monoisotopic (exact) mass is 339 g/mol. The third kappa shape index (κ3) is 3.85. The fourth-order valence-electron chi connectivity index (χ4n) is 2.90. The van der Waals surface area contributed by atoms with Gasteiger partial charge in [0.15, 0.2) is 0 Å². The number of fused-ring (bicyclic) bond motifs is 1. The number of hydrogen-bond donors (Lipinski definition) is 1. The number of carbonyl (C=O) groups excluding carboxylic acids is 2. The van der Waals surface area contributed by atoms with E-state index in [4.69, 9.17) is 4.74 Å². The van der Waals surface area contributed by atoms with Crippen molar-refractivity contribution in [1.29, 1.82) is 0 Å². The van der Waals surface area contributed by atoms with Crippen LogP contribution in [-0.2, 0) is 11.2 Å². The Balaban J connectivity index is 1.71. The number of carbonyl (C=O) groups is 2. The van der Waals surface area contributed by atoms with Crippen molar-refractivity contribution in [3.05, 3.63) is 59.4 Å². The molecule has 1 aliphatic heterocycles. The summed E-state index contributed by atoms with van der Waals surface area (Å²) in [5, 5.41) is 2.81. The molecule has 0 fully saturated rings. The van der Waals surface area contributed by atoms with Crippen LogP contribution in [0.1, 0.15) is 32.8 Å². The largest absolute Gasteiger partial charge is 0.385 e. The number of amides is 2. The van der Waals surface area contributed by atoms with Crippen molar-refractivity contribution in [2.24, 2.45) is 0 Å². The van der Waals surface area contributed by atoms with Crippen molar-refractivity contribution >= 4 is 17.5 Å². The first-order chi connectivity index (χ1) is 12.2. The first-order valence-corrected chi connectivity index (χ1v) is 8.33. The van der Waals surface area contributed by atoms with Gasteiger partial charge in [0.25, 0.3) is 11.8 Å². The van der Waals surface area contributed by atoms with Gasteiger partial charge in [-0.1, -0.05) is 18.2 Å². The van der Waals surface area contributed by atoms with Crippen molar-refractivity contribution in [1.82, 2.24) is 10.3 Å². The maximum Gasteiger partial charge on any atom is 0.276 e. The van der Waals surface area contributed by atoms with Crippen LogP contribution in [0.15, 0.2) is 42.6 Å². The molecule has 0 saturated carbocycles. The molecule has 0 radical (unpaired) electrons. The lowest BCUT2D eigenvalue weighted by Crippen LogP contribution is -2.30. The Morgan fingerprint density at radius 2 is 2.12 bits per heavy atom. The Kier molecular flexibility index (Phi) is 5.40. The van der Waals surface area contributed by atoms with Gasteiger partial charge in [-0.15, -0.1) is 0 Å². The number of rotatable bonds is 6. The van der Waals surface area contributed by atoms with E-state index < -0.39 is 0 Å². The standard InChI is InChI=1S/C19H21N3O3/c1-25-12-4-9-21-18(23)15-7-10-20-16(13-15)19(24)22-11-8-14-5-2-3-6-17(14)22/h2-3,5-7,10,13H,4,8-9,11-12H2,1H3,(H,21,23). The molecule has 1 aromatic heterocycles. The normalized spacial score (nSPS) is 12.8. The van der Waals surface area contributed by atoms with Gasteiger partial charge in [-0.05, 0) is 36.6 Å². The third-order valence-corrected chi connectivity index (χ3v) is 4.18. The van der Waals surface area contributed by atoms with Gasteiger partial charge in [0, 0.05) is 44.3 Å². The molecular weight excluding hydrogens is 318 g/mol. The molecule has 0 spiro atoms. The van der Waals surface area contributed by atoms with Crippen molar-refractivity contribution < 1.29 is 14.3 Å². The predicted octanol–water partition coefficient (Wildman–Crippen LogP) is 2.05. The van der Waals surface area contributed by atoms with E-state index in [1.54, 1.807) is 24.1 Å². The van der Waals surface area contributed by atoms with Gasteiger partial charge in [-0.25, -0.2) is 0 Å². The molecule has 0 saturated heterocycles. The third-order valence-electron chi connectivity index (χ3n) is 4.18. The van der Waals surface area contributed by atoms with Crippen LogP contribution in [0.3, 0.4) is 0 Å². The van der Waals surface area contributed by atoms with Crippen LogP contribution in [0.5, 0.6) is 0 Å². The fraction of sp³-hybridized carbons (Fsp3) is 0.316. The van der Waals surface area contributed by atoms with Crippen LogP contribution in [0, 0.1) is 0 Å². The lowest BCUT2D eigenvalue weighted by Gasteiger charge is -2.17. The molecule has 130 valence electrons. The highest BCUT2D eigenvalue weighted by Crippen LogP contribution is 2.28. The molecule has 0 atom stereocenters. The molecule has 1 N–H and O–H groups in total. The van der Waals surface area contributed by atoms with E-state index in [1.165, 1.54) is 6.20 Å². The molecule has 2 heterocycles. The van der Waals surface area contributed by atoms with Gasteiger partial charge in [-0.2, -0.15) is 0 Å². The van der Waals surface area contributed by atoms with Gasteiger partial charge in [0.1, 0.15) is 5.69 Å². The summed E-state index contributed by atoms with van der Waals surface area (Å²) < 4.78 is 4.95. The second-order valence-electron chi connectivity index (χ2n) is 5.87. The van der Waals surface area contributed by atoms with Gasteiger partial charge >= 0.3 is 0 Å². The summed E-state index contributed by atoms with van der Waals surface area (Å²) in [6.45, 7) is 1.75. The van der Waals surface area contributed by atoms with E-state index in [-0.39, 0.29) is 17.5 Å². The van der Waals surface area contributed by atoms with Gasteiger partial charge in [0.05, 0.1) is 0 Å². The average Bonchev–Trinajstić information content (AvgIpc) is 3.08. The van der Waals surface area contributed by atoms with Crippen LogP contribution in [0.4, 0.5) is 5.69 Å². The van der Waals surface area contributed by atoms with Crippen molar-refractivity contribution in [2.75, 3.05) is 31.7 Å². The molecule has 3 rings (SSSR count). The van der Waals surface area contributed by atoms with Crippen molar-refractivity contribution in [3.63, 3.8) is 0 Å². The molecule has 0 aliphatic carbocycles. The lowest BCUT2D eigenvalue weighted by molar-refractivity contribution is 0.0948.